The molecule has 5 rings (SSSR count). The summed E-state index contributed by atoms with van der Waals surface area (Å²) in [5, 5.41) is 4.23. The van der Waals surface area contributed by atoms with E-state index >= 15 is 0 Å². The van der Waals surface area contributed by atoms with Crippen molar-refractivity contribution in [3.63, 3.8) is 0 Å². The summed E-state index contributed by atoms with van der Waals surface area (Å²) in [6.07, 6.45) is 2.23. The molecule has 1 amide bonds. The van der Waals surface area contributed by atoms with Gasteiger partial charge < -0.3 is 15.0 Å². The van der Waals surface area contributed by atoms with Crippen molar-refractivity contribution >= 4 is 27.8 Å². The van der Waals surface area contributed by atoms with Gasteiger partial charge in [-0.15, -0.1) is 0 Å². The molecule has 1 unspecified atom stereocenters. The fraction of sp³-hybridized carbons (Fsp3) is 0.214. The monoisotopic (exact) mass is 468 g/mol. The number of ether oxygens (including phenoxy) is 1. The molecular weight excluding hydrogens is 440 g/mol. The molecule has 0 bridgehead atoms. The molecule has 7 nitrogen and oxygen atoms in total. The van der Waals surface area contributed by atoms with Crippen LogP contribution in [0.3, 0.4) is 0 Å². The van der Waals surface area contributed by atoms with Gasteiger partial charge in [-0.3, -0.25) is 13.9 Å². The minimum Gasteiger partial charge on any atom is -0.497 e. The van der Waals surface area contributed by atoms with Gasteiger partial charge in [0.25, 0.3) is 0 Å². The van der Waals surface area contributed by atoms with Gasteiger partial charge in [0, 0.05) is 49.6 Å². The van der Waals surface area contributed by atoms with Gasteiger partial charge in [-0.05, 0) is 41.5 Å². The van der Waals surface area contributed by atoms with Crippen LogP contribution in [-0.4, -0.2) is 33.7 Å². The van der Waals surface area contributed by atoms with Crippen LogP contribution in [0.2, 0.25) is 0 Å². The Morgan fingerprint density at radius 1 is 1.00 bits per heavy atom. The van der Waals surface area contributed by atoms with Gasteiger partial charge in [-0.1, -0.05) is 42.5 Å². The van der Waals surface area contributed by atoms with Gasteiger partial charge >= 0.3 is 5.69 Å². The minimum absolute atomic E-state index is 0.0405. The van der Waals surface area contributed by atoms with Crippen LogP contribution in [0.1, 0.15) is 23.5 Å². The summed E-state index contributed by atoms with van der Waals surface area (Å²) >= 11 is 0. The zero-order chi connectivity index (χ0) is 24.4. The first-order valence-electron chi connectivity index (χ1n) is 11.7. The highest BCUT2D eigenvalue weighted by Gasteiger charge is 2.20. The summed E-state index contributed by atoms with van der Waals surface area (Å²) in [4.78, 5) is 28.9. The van der Waals surface area contributed by atoms with Crippen molar-refractivity contribution in [2.24, 2.45) is 7.05 Å². The maximum absolute atomic E-state index is 12.9. The summed E-state index contributed by atoms with van der Waals surface area (Å²) in [6.45, 7) is 0.768. The zero-order valence-electron chi connectivity index (χ0n) is 19.8. The van der Waals surface area contributed by atoms with Crippen molar-refractivity contribution in [2.45, 2.75) is 18.9 Å². The average Bonchev–Trinajstić information content (AvgIpc) is 3.42. The second-order valence-corrected chi connectivity index (χ2v) is 8.65. The topological polar surface area (TPSA) is 81.0 Å². The van der Waals surface area contributed by atoms with Gasteiger partial charge in [0.15, 0.2) is 0 Å². The maximum atomic E-state index is 12.9. The molecule has 0 fully saturated rings. The predicted molar refractivity (Wildman–Crippen MR) is 138 cm³/mol. The zero-order valence-corrected chi connectivity index (χ0v) is 19.8. The molecule has 35 heavy (non-hydrogen) atoms. The summed E-state index contributed by atoms with van der Waals surface area (Å²) in [5.41, 5.74) is 4.84. The number of fused-ring (bicyclic) bond motifs is 2. The molecule has 1 atom stereocenters. The number of amides is 1. The lowest BCUT2D eigenvalue weighted by Crippen LogP contribution is -2.31. The van der Waals surface area contributed by atoms with E-state index in [0.717, 1.165) is 38.8 Å². The van der Waals surface area contributed by atoms with Gasteiger partial charge in [0.1, 0.15) is 5.75 Å². The number of nitrogens with zero attached hydrogens (tertiary/aromatic N) is 2. The molecule has 7 heteroatoms. The molecule has 2 heterocycles. The average molecular weight is 469 g/mol. The normalized spacial score (nSPS) is 12.2. The number of H-pyrrole nitrogens is 1. The summed E-state index contributed by atoms with van der Waals surface area (Å²) in [6, 6.07) is 23.7. The van der Waals surface area contributed by atoms with Gasteiger partial charge in [-0.2, -0.15) is 0 Å². The number of imidazole rings is 1. The Bertz CT molecular complexity index is 1540. The lowest BCUT2D eigenvalue weighted by atomic mass is 9.90. The van der Waals surface area contributed by atoms with E-state index in [1.165, 1.54) is 0 Å². The number of para-hydroxylation sites is 3. The molecule has 2 N–H and O–H groups in total. The SMILES string of the molecule is COc1ccc(C(CNC(=O)CCn2c(=O)n(C)c3ccccc32)c2c[nH]c3ccccc23)cc1. The number of methoxy groups -OCH3 is 1. The lowest BCUT2D eigenvalue weighted by Gasteiger charge is -2.19. The van der Waals surface area contributed by atoms with Gasteiger partial charge in [0.2, 0.25) is 5.91 Å². The fourth-order valence-electron chi connectivity index (χ4n) is 4.72. The van der Waals surface area contributed by atoms with Crippen molar-refractivity contribution in [1.82, 2.24) is 19.4 Å². The van der Waals surface area contributed by atoms with Crippen LogP contribution in [0.15, 0.2) is 83.8 Å². The minimum atomic E-state index is -0.117. The highest BCUT2D eigenvalue weighted by molar-refractivity contribution is 5.84. The van der Waals surface area contributed by atoms with E-state index in [-0.39, 0.29) is 23.9 Å². The Labute approximate surface area is 203 Å². The number of hydrogen-bond acceptors (Lipinski definition) is 3. The molecule has 2 aromatic heterocycles. The molecule has 0 aliphatic carbocycles. The smallest absolute Gasteiger partial charge is 0.328 e. The van der Waals surface area contributed by atoms with Crippen molar-refractivity contribution in [3.05, 3.63) is 101 Å². The molecule has 0 aliphatic heterocycles. The van der Waals surface area contributed by atoms with Crippen LogP contribution in [-0.2, 0) is 18.4 Å². The first-order valence-corrected chi connectivity index (χ1v) is 11.7. The lowest BCUT2D eigenvalue weighted by molar-refractivity contribution is -0.121. The second-order valence-electron chi connectivity index (χ2n) is 8.65. The largest absolute Gasteiger partial charge is 0.497 e. The molecule has 0 aliphatic rings. The van der Waals surface area contributed by atoms with E-state index in [9.17, 15) is 9.59 Å². The third-order valence-corrected chi connectivity index (χ3v) is 6.63. The Kier molecular flexibility index (Phi) is 6.14. The molecule has 0 saturated heterocycles. The fourth-order valence-corrected chi connectivity index (χ4v) is 4.72. The summed E-state index contributed by atoms with van der Waals surface area (Å²) < 4.78 is 8.60. The van der Waals surface area contributed by atoms with Crippen LogP contribution in [0.5, 0.6) is 5.75 Å². The Morgan fingerprint density at radius 3 is 2.49 bits per heavy atom. The maximum Gasteiger partial charge on any atom is 0.328 e. The number of aromatic amines is 1. The summed E-state index contributed by atoms with van der Waals surface area (Å²) in [7, 11) is 3.40. The molecule has 5 aromatic rings. The number of carbonyl (C=O) groups is 1. The van der Waals surface area contributed by atoms with E-state index in [1.807, 2.05) is 72.9 Å². The van der Waals surface area contributed by atoms with Crippen LogP contribution in [0.4, 0.5) is 0 Å². The Hall–Kier alpha value is -4.26. The highest BCUT2D eigenvalue weighted by Crippen LogP contribution is 2.31. The van der Waals surface area contributed by atoms with E-state index in [2.05, 4.69) is 16.4 Å². The quantitative estimate of drug-likeness (QED) is 0.359. The second kappa shape index (κ2) is 9.54. The van der Waals surface area contributed by atoms with Gasteiger partial charge in [0.05, 0.1) is 18.1 Å². The Morgan fingerprint density at radius 2 is 1.71 bits per heavy atom. The molecule has 178 valence electrons. The van der Waals surface area contributed by atoms with Crippen molar-refractivity contribution in [1.29, 1.82) is 0 Å². The van der Waals surface area contributed by atoms with E-state index in [4.69, 9.17) is 4.74 Å². The number of benzene rings is 3. The molecule has 3 aromatic carbocycles. The number of carbonyl (C=O) groups excluding carboxylic acids is 1. The van der Waals surface area contributed by atoms with Crippen molar-refractivity contribution < 1.29 is 9.53 Å². The molecule has 0 saturated carbocycles. The molecule has 0 radical (unpaired) electrons. The standard InChI is InChI=1S/C28H28N4O3/c1-31-25-9-5-6-10-26(25)32(28(31)34)16-15-27(33)30-17-22(19-11-13-20(35-2)14-12-19)23-18-29-24-8-4-3-7-21(23)24/h3-14,18,22,29H,15-17H2,1-2H3,(H,30,33). The molecule has 0 spiro atoms. The van der Waals surface area contributed by atoms with Crippen LogP contribution >= 0.6 is 0 Å². The number of nitrogens with one attached hydrogen (secondary N) is 2. The highest BCUT2D eigenvalue weighted by atomic mass is 16.5. The third kappa shape index (κ3) is 4.33. The Balaban J connectivity index is 1.35. The van der Waals surface area contributed by atoms with Crippen LogP contribution in [0, 0.1) is 0 Å². The molecular formula is C28H28N4O3. The number of hydrogen-bond donors (Lipinski definition) is 2. The number of rotatable bonds is 8. The van der Waals surface area contributed by atoms with Crippen LogP contribution < -0.4 is 15.7 Å². The van der Waals surface area contributed by atoms with Crippen molar-refractivity contribution in [2.75, 3.05) is 13.7 Å². The predicted octanol–water partition coefficient (Wildman–Crippen LogP) is 4.17. The van der Waals surface area contributed by atoms with Crippen molar-refractivity contribution in [3.8, 4) is 5.75 Å². The third-order valence-electron chi connectivity index (χ3n) is 6.63. The van der Waals surface area contributed by atoms with Gasteiger partial charge in [-0.25, -0.2) is 4.79 Å². The summed E-state index contributed by atoms with van der Waals surface area (Å²) in [5.74, 6) is 0.653. The first kappa shape index (κ1) is 22.5. The number of aromatic nitrogens is 3. The first-order chi connectivity index (χ1) is 17.1. The number of aryl methyl sites for hydroxylation is 2. The van der Waals surface area contributed by atoms with E-state index < -0.39 is 0 Å². The van der Waals surface area contributed by atoms with E-state index in [0.29, 0.717) is 13.1 Å². The van der Waals surface area contributed by atoms with Crippen LogP contribution in [0.25, 0.3) is 21.9 Å². The van der Waals surface area contributed by atoms with E-state index in [1.54, 1.807) is 23.3 Å².